The SMILES string of the molecule is COc1cc(F)c(Br)cc1C(=O)N1CCC(c2ccc(NC(=O)C3Cc4ccccc4CN3C)cc2)CC1. The van der Waals surface area contributed by atoms with Gasteiger partial charge in [-0.05, 0) is 83.0 Å². The Labute approximate surface area is 230 Å². The number of rotatable bonds is 5. The Kier molecular flexibility index (Phi) is 7.81. The molecule has 0 aromatic heterocycles. The first-order chi connectivity index (χ1) is 18.3. The summed E-state index contributed by atoms with van der Waals surface area (Å²) in [5.74, 6) is -0.0580. The quantitative estimate of drug-likeness (QED) is 0.426. The van der Waals surface area contributed by atoms with Crippen LogP contribution in [-0.2, 0) is 17.8 Å². The fourth-order valence-electron chi connectivity index (χ4n) is 5.46. The number of carbonyl (C=O) groups excluding carboxylic acids is 2. The average molecular weight is 580 g/mol. The fourth-order valence-corrected chi connectivity index (χ4v) is 5.81. The number of piperidine rings is 1. The second-order valence-electron chi connectivity index (χ2n) is 10.0. The van der Waals surface area contributed by atoms with Crippen molar-refractivity contribution in [1.29, 1.82) is 0 Å². The van der Waals surface area contributed by atoms with Crippen molar-refractivity contribution in [2.24, 2.45) is 0 Å². The number of ether oxygens (including phenoxy) is 1. The summed E-state index contributed by atoms with van der Waals surface area (Å²) in [6.07, 6.45) is 2.36. The lowest BCUT2D eigenvalue weighted by Crippen LogP contribution is -2.45. The van der Waals surface area contributed by atoms with Gasteiger partial charge in [-0.1, -0.05) is 36.4 Å². The number of methoxy groups -OCH3 is 1. The molecule has 2 heterocycles. The zero-order valence-electron chi connectivity index (χ0n) is 21.5. The highest BCUT2D eigenvalue weighted by Crippen LogP contribution is 2.32. The molecule has 38 heavy (non-hydrogen) atoms. The molecule has 198 valence electrons. The van der Waals surface area contributed by atoms with Crippen LogP contribution in [0, 0.1) is 5.82 Å². The number of amides is 2. The van der Waals surface area contributed by atoms with Crippen LogP contribution in [0.2, 0.25) is 0 Å². The van der Waals surface area contributed by atoms with Crippen LogP contribution in [0.3, 0.4) is 0 Å². The summed E-state index contributed by atoms with van der Waals surface area (Å²) < 4.78 is 19.4. The van der Waals surface area contributed by atoms with E-state index in [-0.39, 0.29) is 28.1 Å². The average Bonchev–Trinajstić information content (AvgIpc) is 2.94. The predicted octanol–water partition coefficient (Wildman–Crippen LogP) is 5.61. The third-order valence-corrected chi connectivity index (χ3v) is 8.30. The molecule has 0 bridgehead atoms. The highest BCUT2D eigenvalue weighted by atomic mass is 79.9. The molecule has 3 aromatic carbocycles. The molecule has 1 fully saturated rings. The molecular weight excluding hydrogens is 549 g/mol. The van der Waals surface area contributed by atoms with Gasteiger partial charge < -0.3 is 15.0 Å². The van der Waals surface area contributed by atoms with Crippen molar-refractivity contribution in [3.8, 4) is 5.75 Å². The molecule has 0 aliphatic carbocycles. The molecule has 3 aromatic rings. The van der Waals surface area contributed by atoms with E-state index in [1.807, 2.05) is 31.3 Å². The molecule has 6 nitrogen and oxygen atoms in total. The number of hydrogen-bond acceptors (Lipinski definition) is 4. The summed E-state index contributed by atoms with van der Waals surface area (Å²) in [7, 11) is 3.43. The molecule has 1 atom stereocenters. The maximum Gasteiger partial charge on any atom is 0.257 e. The molecule has 1 saturated heterocycles. The van der Waals surface area contributed by atoms with Gasteiger partial charge in [-0.2, -0.15) is 0 Å². The first-order valence-corrected chi connectivity index (χ1v) is 13.6. The summed E-state index contributed by atoms with van der Waals surface area (Å²) in [6.45, 7) is 1.98. The number of nitrogens with zero attached hydrogens (tertiary/aromatic N) is 2. The molecule has 0 saturated carbocycles. The zero-order chi connectivity index (χ0) is 26.8. The van der Waals surface area contributed by atoms with Gasteiger partial charge in [0.2, 0.25) is 5.91 Å². The van der Waals surface area contributed by atoms with Crippen LogP contribution in [0.25, 0.3) is 0 Å². The Balaban J connectivity index is 1.18. The Morgan fingerprint density at radius 2 is 1.71 bits per heavy atom. The molecule has 0 radical (unpaired) electrons. The third-order valence-electron chi connectivity index (χ3n) is 7.69. The van der Waals surface area contributed by atoms with Crippen molar-refractivity contribution in [3.05, 3.63) is 93.2 Å². The van der Waals surface area contributed by atoms with E-state index in [0.717, 1.165) is 25.1 Å². The Morgan fingerprint density at radius 3 is 2.39 bits per heavy atom. The van der Waals surface area contributed by atoms with E-state index in [9.17, 15) is 14.0 Å². The number of halogens is 2. The first kappa shape index (κ1) is 26.4. The van der Waals surface area contributed by atoms with Gasteiger partial charge in [-0.15, -0.1) is 0 Å². The largest absolute Gasteiger partial charge is 0.496 e. The molecular formula is C30H31BrFN3O3. The summed E-state index contributed by atoms with van der Waals surface area (Å²) in [5.41, 5.74) is 4.84. The van der Waals surface area contributed by atoms with Crippen LogP contribution in [-0.4, -0.2) is 54.9 Å². The van der Waals surface area contributed by atoms with E-state index in [1.54, 1.807) is 4.90 Å². The van der Waals surface area contributed by atoms with Crippen molar-refractivity contribution in [1.82, 2.24) is 9.80 Å². The Bertz CT molecular complexity index is 1340. The van der Waals surface area contributed by atoms with Crippen LogP contribution in [0.15, 0.2) is 65.1 Å². The summed E-state index contributed by atoms with van der Waals surface area (Å²) in [6, 6.07) is 18.9. The standard InChI is InChI=1S/C30H31BrFN3O3/c1-34-18-22-6-4-3-5-21(22)15-27(34)29(36)33-23-9-7-19(8-10-23)20-11-13-35(14-12-20)30(37)24-16-25(31)26(32)17-28(24)38-2/h3-10,16-17,20,27H,11-15,18H2,1-2H3,(H,33,36). The van der Waals surface area contributed by atoms with E-state index in [2.05, 4.69) is 50.4 Å². The summed E-state index contributed by atoms with van der Waals surface area (Å²) in [4.78, 5) is 30.1. The van der Waals surface area contributed by atoms with Gasteiger partial charge in [0, 0.05) is 31.4 Å². The second kappa shape index (κ2) is 11.3. The predicted molar refractivity (Wildman–Crippen MR) is 149 cm³/mol. The molecule has 2 aliphatic rings. The van der Waals surface area contributed by atoms with Gasteiger partial charge in [0.1, 0.15) is 11.6 Å². The van der Waals surface area contributed by atoms with E-state index < -0.39 is 5.82 Å². The molecule has 2 amide bonds. The number of benzene rings is 3. The van der Waals surface area contributed by atoms with Crippen molar-refractivity contribution in [2.45, 2.75) is 37.8 Å². The van der Waals surface area contributed by atoms with Crippen molar-refractivity contribution < 1.29 is 18.7 Å². The maximum atomic E-state index is 13.9. The summed E-state index contributed by atoms with van der Waals surface area (Å²) in [5, 5.41) is 3.09. The molecule has 5 rings (SSSR count). The zero-order valence-corrected chi connectivity index (χ0v) is 23.1. The van der Waals surface area contributed by atoms with Gasteiger partial charge in [0.15, 0.2) is 0 Å². The fraction of sp³-hybridized carbons (Fsp3) is 0.333. The third kappa shape index (κ3) is 5.47. The van der Waals surface area contributed by atoms with Crippen molar-refractivity contribution in [2.75, 3.05) is 32.6 Å². The minimum Gasteiger partial charge on any atom is -0.496 e. The van der Waals surface area contributed by atoms with E-state index in [4.69, 9.17) is 4.74 Å². The number of likely N-dealkylation sites (tertiary alicyclic amines) is 1. The molecule has 1 unspecified atom stereocenters. The molecule has 2 aliphatic heterocycles. The number of hydrogen-bond donors (Lipinski definition) is 1. The number of anilines is 1. The van der Waals surface area contributed by atoms with Gasteiger partial charge in [-0.3, -0.25) is 14.5 Å². The lowest BCUT2D eigenvalue weighted by atomic mass is 9.89. The topological polar surface area (TPSA) is 61.9 Å². The van der Waals surface area contributed by atoms with Crippen LogP contribution < -0.4 is 10.1 Å². The van der Waals surface area contributed by atoms with Crippen molar-refractivity contribution >= 4 is 33.4 Å². The maximum absolute atomic E-state index is 13.9. The highest BCUT2D eigenvalue weighted by molar-refractivity contribution is 9.10. The summed E-state index contributed by atoms with van der Waals surface area (Å²) >= 11 is 3.16. The lowest BCUT2D eigenvalue weighted by Gasteiger charge is -2.33. The highest BCUT2D eigenvalue weighted by Gasteiger charge is 2.30. The molecule has 1 N–H and O–H groups in total. The second-order valence-corrected chi connectivity index (χ2v) is 10.9. The van der Waals surface area contributed by atoms with Gasteiger partial charge in [0.25, 0.3) is 5.91 Å². The number of fused-ring (bicyclic) bond motifs is 1. The van der Waals surface area contributed by atoms with Crippen LogP contribution >= 0.6 is 15.9 Å². The van der Waals surface area contributed by atoms with Gasteiger partial charge in [-0.25, -0.2) is 4.39 Å². The lowest BCUT2D eigenvalue weighted by molar-refractivity contribution is -0.121. The van der Waals surface area contributed by atoms with Crippen LogP contribution in [0.1, 0.15) is 45.8 Å². The van der Waals surface area contributed by atoms with Crippen molar-refractivity contribution in [3.63, 3.8) is 0 Å². The number of likely N-dealkylation sites (N-methyl/N-ethyl adjacent to an activating group) is 1. The van der Waals surface area contributed by atoms with Crippen LogP contribution in [0.5, 0.6) is 5.75 Å². The monoisotopic (exact) mass is 579 g/mol. The minimum atomic E-state index is -0.465. The number of carbonyl (C=O) groups is 2. The van der Waals surface area contributed by atoms with E-state index in [1.165, 1.54) is 35.9 Å². The van der Waals surface area contributed by atoms with Gasteiger partial charge >= 0.3 is 0 Å². The van der Waals surface area contributed by atoms with E-state index >= 15 is 0 Å². The normalized spacial score (nSPS) is 18.1. The Hall–Kier alpha value is -3.23. The van der Waals surface area contributed by atoms with Gasteiger partial charge in [0.05, 0.1) is 23.2 Å². The molecule has 8 heteroatoms. The number of nitrogens with one attached hydrogen (secondary N) is 1. The first-order valence-electron chi connectivity index (χ1n) is 12.8. The minimum absolute atomic E-state index is 0.00410. The van der Waals surface area contributed by atoms with E-state index in [0.29, 0.717) is 31.0 Å². The van der Waals surface area contributed by atoms with Crippen LogP contribution in [0.4, 0.5) is 10.1 Å². The smallest absolute Gasteiger partial charge is 0.257 e. The Morgan fingerprint density at radius 1 is 1.03 bits per heavy atom. The molecule has 0 spiro atoms.